The van der Waals surface area contributed by atoms with E-state index in [9.17, 15) is 0 Å². The third kappa shape index (κ3) is 4.70. The zero-order valence-electron chi connectivity index (χ0n) is 16.4. The quantitative estimate of drug-likeness (QED) is 0.836. The van der Waals surface area contributed by atoms with E-state index in [2.05, 4.69) is 36.6 Å². The lowest BCUT2D eigenvalue weighted by Crippen LogP contribution is -2.42. The highest BCUT2D eigenvalue weighted by atomic mass is 16.5. The normalized spacial score (nSPS) is 23.0. The van der Waals surface area contributed by atoms with Crippen molar-refractivity contribution in [2.24, 2.45) is 0 Å². The molecular weight excluding hydrogens is 312 g/mol. The molecule has 0 N–H and O–H groups in total. The van der Waals surface area contributed by atoms with Crippen molar-refractivity contribution in [2.75, 3.05) is 38.2 Å². The summed E-state index contributed by atoms with van der Waals surface area (Å²) in [4.78, 5) is 14.9. The van der Waals surface area contributed by atoms with Gasteiger partial charge in [0.1, 0.15) is 11.6 Å². The van der Waals surface area contributed by atoms with Gasteiger partial charge < -0.3 is 9.64 Å². The minimum atomic E-state index is -0.0568. The van der Waals surface area contributed by atoms with Gasteiger partial charge in [0.05, 0.1) is 12.3 Å². The Morgan fingerprint density at radius 1 is 1.08 bits per heavy atom. The number of methoxy groups -OCH3 is 1. The standard InChI is InChI=1S/C20H34N4O/c1-20(2,3)19-21-16(15-25-4)13-18(22-19)24-12-6-5-9-17(14-24)23-10-7-8-11-23/h13,17H,5-12,14-15H2,1-4H3. The molecule has 0 aromatic carbocycles. The first-order valence-electron chi connectivity index (χ1n) is 9.84. The van der Waals surface area contributed by atoms with Crippen LogP contribution in [0.5, 0.6) is 0 Å². The van der Waals surface area contributed by atoms with Crippen molar-refractivity contribution in [1.29, 1.82) is 0 Å². The number of aromatic nitrogens is 2. The Morgan fingerprint density at radius 2 is 1.80 bits per heavy atom. The number of hydrogen-bond donors (Lipinski definition) is 0. The second kappa shape index (κ2) is 8.00. The van der Waals surface area contributed by atoms with Gasteiger partial charge >= 0.3 is 0 Å². The van der Waals surface area contributed by atoms with E-state index in [4.69, 9.17) is 14.7 Å². The highest BCUT2D eigenvalue weighted by Gasteiger charge is 2.27. The lowest BCUT2D eigenvalue weighted by atomic mass is 9.95. The molecule has 0 saturated carbocycles. The van der Waals surface area contributed by atoms with Crippen LogP contribution in [0.15, 0.2) is 6.07 Å². The Morgan fingerprint density at radius 3 is 2.48 bits per heavy atom. The monoisotopic (exact) mass is 346 g/mol. The van der Waals surface area contributed by atoms with Gasteiger partial charge in [-0.2, -0.15) is 0 Å². The van der Waals surface area contributed by atoms with E-state index < -0.39 is 0 Å². The number of hydrogen-bond acceptors (Lipinski definition) is 5. The van der Waals surface area contributed by atoms with Crippen LogP contribution in [0.2, 0.25) is 0 Å². The fraction of sp³-hybridized carbons (Fsp3) is 0.800. The molecule has 1 aromatic heterocycles. The van der Waals surface area contributed by atoms with Crippen LogP contribution in [0.4, 0.5) is 5.82 Å². The van der Waals surface area contributed by atoms with Crippen molar-refractivity contribution in [3.8, 4) is 0 Å². The summed E-state index contributed by atoms with van der Waals surface area (Å²) in [6, 6.07) is 2.80. The number of likely N-dealkylation sites (tertiary alicyclic amines) is 1. The van der Waals surface area contributed by atoms with Crippen molar-refractivity contribution in [3.63, 3.8) is 0 Å². The summed E-state index contributed by atoms with van der Waals surface area (Å²) in [5.74, 6) is 2.00. The summed E-state index contributed by atoms with van der Waals surface area (Å²) in [6.45, 7) is 11.8. The number of nitrogens with zero attached hydrogens (tertiary/aromatic N) is 4. The molecule has 1 atom stereocenters. The van der Waals surface area contributed by atoms with Gasteiger partial charge in [-0.1, -0.05) is 27.2 Å². The lowest BCUT2D eigenvalue weighted by Gasteiger charge is -2.32. The molecule has 0 spiro atoms. The molecule has 25 heavy (non-hydrogen) atoms. The first-order chi connectivity index (χ1) is 12.0. The average Bonchev–Trinajstić information content (AvgIpc) is 2.99. The highest BCUT2D eigenvalue weighted by Crippen LogP contribution is 2.26. The van der Waals surface area contributed by atoms with Crippen molar-refractivity contribution >= 4 is 5.82 Å². The molecule has 0 radical (unpaired) electrons. The summed E-state index contributed by atoms with van der Waals surface area (Å²) < 4.78 is 5.35. The second-order valence-electron chi connectivity index (χ2n) is 8.56. The minimum Gasteiger partial charge on any atom is -0.378 e. The van der Waals surface area contributed by atoms with E-state index in [0.29, 0.717) is 12.6 Å². The maximum Gasteiger partial charge on any atom is 0.136 e. The van der Waals surface area contributed by atoms with Crippen LogP contribution in [-0.4, -0.2) is 54.2 Å². The van der Waals surface area contributed by atoms with Crippen LogP contribution in [0.3, 0.4) is 0 Å². The van der Waals surface area contributed by atoms with Crippen LogP contribution < -0.4 is 4.90 Å². The van der Waals surface area contributed by atoms with Gasteiger partial charge in [-0.3, -0.25) is 4.90 Å². The number of rotatable bonds is 4. The Balaban J connectivity index is 1.85. The molecule has 2 aliphatic heterocycles. The summed E-state index contributed by atoms with van der Waals surface area (Å²) >= 11 is 0. The van der Waals surface area contributed by atoms with Crippen LogP contribution in [-0.2, 0) is 16.8 Å². The zero-order chi connectivity index (χ0) is 17.9. The van der Waals surface area contributed by atoms with Crippen molar-refractivity contribution in [3.05, 3.63) is 17.6 Å². The van der Waals surface area contributed by atoms with Crippen molar-refractivity contribution in [1.82, 2.24) is 14.9 Å². The molecule has 1 unspecified atom stereocenters. The van der Waals surface area contributed by atoms with Crippen LogP contribution in [0.1, 0.15) is 64.4 Å². The minimum absolute atomic E-state index is 0.0568. The van der Waals surface area contributed by atoms with Crippen LogP contribution >= 0.6 is 0 Å². The molecule has 5 nitrogen and oxygen atoms in total. The fourth-order valence-corrected chi connectivity index (χ4v) is 3.93. The van der Waals surface area contributed by atoms with Gasteiger partial charge in [-0.25, -0.2) is 9.97 Å². The first-order valence-corrected chi connectivity index (χ1v) is 9.84. The van der Waals surface area contributed by atoms with Gasteiger partial charge in [0.25, 0.3) is 0 Å². The zero-order valence-corrected chi connectivity index (χ0v) is 16.4. The first kappa shape index (κ1) is 18.6. The SMILES string of the molecule is COCc1cc(N2CCCCC(N3CCCC3)C2)nc(C(C)(C)C)n1. The molecule has 0 amide bonds. The van der Waals surface area contributed by atoms with Gasteiger partial charge in [0.2, 0.25) is 0 Å². The van der Waals surface area contributed by atoms with Crippen LogP contribution in [0.25, 0.3) is 0 Å². The van der Waals surface area contributed by atoms with Gasteiger partial charge in [0, 0.05) is 37.7 Å². The van der Waals surface area contributed by atoms with E-state index in [-0.39, 0.29) is 5.41 Å². The van der Waals surface area contributed by atoms with E-state index >= 15 is 0 Å². The number of ether oxygens (including phenoxy) is 1. The Labute approximate surface area is 152 Å². The van der Waals surface area contributed by atoms with Crippen molar-refractivity contribution < 1.29 is 4.74 Å². The van der Waals surface area contributed by atoms with Gasteiger partial charge in [-0.05, 0) is 38.8 Å². The summed E-state index contributed by atoms with van der Waals surface area (Å²) in [7, 11) is 1.73. The number of anilines is 1. The third-order valence-corrected chi connectivity index (χ3v) is 5.36. The van der Waals surface area contributed by atoms with Crippen molar-refractivity contribution in [2.45, 2.75) is 70.9 Å². The Hall–Kier alpha value is -1.20. The van der Waals surface area contributed by atoms with E-state index in [0.717, 1.165) is 30.4 Å². The molecular formula is C20H34N4O. The Kier molecular flexibility index (Phi) is 5.95. The van der Waals surface area contributed by atoms with E-state index in [1.54, 1.807) is 7.11 Å². The molecule has 140 valence electrons. The van der Waals surface area contributed by atoms with Crippen LogP contribution in [0, 0.1) is 0 Å². The topological polar surface area (TPSA) is 41.5 Å². The van der Waals surface area contributed by atoms with Gasteiger partial charge in [-0.15, -0.1) is 0 Å². The molecule has 2 aliphatic rings. The second-order valence-corrected chi connectivity index (χ2v) is 8.56. The molecule has 3 rings (SSSR count). The van der Waals surface area contributed by atoms with E-state index in [1.807, 2.05) is 0 Å². The summed E-state index contributed by atoms with van der Waals surface area (Å²) in [6.07, 6.45) is 6.60. The smallest absolute Gasteiger partial charge is 0.136 e. The maximum atomic E-state index is 5.35. The van der Waals surface area contributed by atoms with E-state index in [1.165, 1.54) is 45.2 Å². The molecule has 1 aromatic rings. The molecule has 0 bridgehead atoms. The lowest BCUT2D eigenvalue weighted by molar-refractivity contribution is 0.181. The molecule has 0 aliphatic carbocycles. The Bertz CT molecular complexity index is 563. The summed E-state index contributed by atoms with van der Waals surface area (Å²) in [5.41, 5.74) is 0.929. The third-order valence-electron chi connectivity index (χ3n) is 5.36. The maximum absolute atomic E-state index is 5.35. The average molecular weight is 347 g/mol. The molecule has 5 heteroatoms. The molecule has 2 fully saturated rings. The molecule has 2 saturated heterocycles. The predicted octanol–water partition coefficient (Wildman–Crippen LogP) is 3.38. The fourth-order valence-electron chi connectivity index (χ4n) is 3.93. The predicted molar refractivity (Wildman–Crippen MR) is 102 cm³/mol. The molecule has 3 heterocycles. The summed E-state index contributed by atoms with van der Waals surface area (Å²) in [5, 5.41) is 0. The highest BCUT2D eigenvalue weighted by molar-refractivity contribution is 5.41. The van der Waals surface area contributed by atoms with Gasteiger partial charge in [0.15, 0.2) is 0 Å². The largest absolute Gasteiger partial charge is 0.378 e.